The molecule has 0 bridgehead atoms. The molecule has 0 aliphatic heterocycles. The number of aryl methyl sites for hydroxylation is 1. The number of alkyl carbamates (subject to hydrolysis) is 1. The first-order valence-electron chi connectivity index (χ1n) is 13.6. The third-order valence-electron chi connectivity index (χ3n) is 6.25. The molecule has 2 unspecified atom stereocenters. The van der Waals surface area contributed by atoms with Gasteiger partial charge in [-0.1, -0.05) is 75.4 Å². The first kappa shape index (κ1) is 30.9. The number of carbonyl (C=O) groups is 3. The number of carbonyl (C=O) groups excluding carboxylic acids is 3. The Morgan fingerprint density at radius 3 is 2.05 bits per heavy atom. The van der Waals surface area contributed by atoms with Crippen LogP contribution in [0.3, 0.4) is 0 Å². The standard InChI is InChI=1S/C31H45N3O4/c1-8-24-16-18-26(19-17-24)28(29(36)32-20-25-12-10-9-11-13-25)34(23(4)15-14-22(2)3)27(35)21-33-30(37)38-31(5,6)7/h9-13,16-19,22-23,28H,8,14-15,20-21H2,1-7H3,(H,32,36)(H,33,37). The van der Waals surface area contributed by atoms with Crippen molar-refractivity contribution in [3.05, 3.63) is 71.3 Å². The van der Waals surface area contributed by atoms with Crippen molar-refractivity contribution in [1.82, 2.24) is 15.5 Å². The largest absolute Gasteiger partial charge is 0.444 e. The molecule has 0 heterocycles. The van der Waals surface area contributed by atoms with Gasteiger partial charge in [-0.25, -0.2) is 4.79 Å². The summed E-state index contributed by atoms with van der Waals surface area (Å²) in [6, 6.07) is 16.4. The summed E-state index contributed by atoms with van der Waals surface area (Å²) in [7, 11) is 0. The van der Waals surface area contributed by atoms with Crippen molar-refractivity contribution in [2.24, 2.45) is 5.92 Å². The van der Waals surface area contributed by atoms with Crippen LogP contribution in [0.1, 0.15) is 84.0 Å². The van der Waals surface area contributed by atoms with Crippen LogP contribution in [0.25, 0.3) is 0 Å². The van der Waals surface area contributed by atoms with E-state index >= 15 is 0 Å². The van der Waals surface area contributed by atoms with E-state index < -0.39 is 17.7 Å². The lowest BCUT2D eigenvalue weighted by Gasteiger charge is -2.37. The monoisotopic (exact) mass is 523 g/mol. The number of hydrogen-bond donors (Lipinski definition) is 2. The van der Waals surface area contributed by atoms with Crippen LogP contribution in [-0.2, 0) is 27.3 Å². The molecule has 0 saturated carbocycles. The zero-order chi connectivity index (χ0) is 28.3. The molecule has 0 aliphatic rings. The van der Waals surface area contributed by atoms with Crippen LogP contribution in [-0.4, -0.2) is 41.0 Å². The number of ether oxygens (including phenoxy) is 1. The van der Waals surface area contributed by atoms with E-state index in [1.807, 2.05) is 61.5 Å². The fraction of sp³-hybridized carbons (Fsp3) is 0.516. The summed E-state index contributed by atoms with van der Waals surface area (Å²) in [5, 5.41) is 5.61. The van der Waals surface area contributed by atoms with Gasteiger partial charge in [0.1, 0.15) is 18.2 Å². The molecule has 0 fully saturated rings. The van der Waals surface area contributed by atoms with E-state index in [1.165, 1.54) is 0 Å². The summed E-state index contributed by atoms with van der Waals surface area (Å²) >= 11 is 0. The Balaban J connectivity index is 2.39. The van der Waals surface area contributed by atoms with Gasteiger partial charge in [0.15, 0.2) is 0 Å². The fourth-order valence-electron chi connectivity index (χ4n) is 4.17. The first-order chi connectivity index (χ1) is 17.9. The summed E-state index contributed by atoms with van der Waals surface area (Å²) in [4.78, 5) is 41.4. The number of nitrogens with zero attached hydrogens (tertiary/aromatic N) is 1. The van der Waals surface area contributed by atoms with Gasteiger partial charge < -0.3 is 20.3 Å². The van der Waals surface area contributed by atoms with Crippen LogP contribution >= 0.6 is 0 Å². The second-order valence-electron chi connectivity index (χ2n) is 11.2. The number of benzene rings is 2. The molecule has 2 aromatic carbocycles. The molecule has 0 spiro atoms. The summed E-state index contributed by atoms with van der Waals surface area (Å²) in [6.07, 6.45) is 1.83. The van der Waals surface area contributed by atoms with E-state index in [0.29, 0.717) is 12.5 Å². The lowest BCUT2D eigenvalue weighted by Crippen LogP contribution is -2.51. The summed E-state index contributed by atoms with van der Waals surface area (Å²) in [5.41, 5.74) is 2.17. The SMILES string of the molecule is CCc1ccc(C(C(=O)NCc2ccccc2)N(C(=O)CNC(=O)OC(C)(C)C)C(C)CCC(C)C)cc1. The zero-order valence-corrected chi connectivity index (χ0v) is 24.0. The Bertz CT molecular complexity index is 1030. The van der Waals surface area contributed by atoms with Gasteiger partial charge in [0.05, 0.1) is 0 Å². The van der Waals surface area contributed by atoms with Crippen molar-refractivity contribution in [2.45, 2.75) is 92.0 Å². The van der Waals surface area contributed by atoms with E-state index in [2.05, 4.69) is 31.4 Å². The van der Waals surface area contributed by atoms with Crippen LogP contribution in [0.4, 0.5) is 4.79 Å². The Morgan fingerprint density at radius 2 is 1.50 bits per heavy atom. The van der Waals surface area contributed by atoms with Gasteiger partial charge in [-0.15, -0.1) is 0 Å². The highest BCUT2D eigenvalue weighted by atomic mass is 16.6. The topological polar surface area (TPSA) is 87.7 Å². The Hall–Kier alpha value is -3.35. The molecule has 3 amide bonds. The van der Waals surface area contributed by atoms with E-state index in [4.69, 9.17) is 4.74 Å². The van der Waals surface area contributed by atoms with Crippen molar-refractivity contribution in [2.75, 3.05) is 6.54 Å². The minimum atomic E-state index is -0.847. The van der Waals surface area contributed by atoms with Crippen LogP contribution in [0.2, 0.25) is 0 Å². The van der Waals surface area contributed by atoms with Crippen molar-refractivity contribution < 1.29 is 19.1 Å². The molecule has 0 aromatic heterocycles. The third kappa shape index (κ3) is 10.2. The minimum Gasteiger partial charge on any atom is -0.444 e. The molecule has 7 nitrogen and oxygen atoms in total. The average molecular weight is 524 g/mol. The lowest BCUT2D eigenvalue weighted by molar-refractivity contribution is -0.142. The maximum atomic E-state index is 13.8. The summed E-state index contributed by atoms with van der Waals surface area (Å²) < 4.78 is 5.31. The van der Waals surface area contributed by atoms with Crippen molar-refractivity contribution >= 4 is 17.9 Å². The second kappa shape index (κ2) is 14.6. The summed E-state index contributed by atoms with van der Waals surface area (Å²) in [5.74, 6) is -0.157. The van der Waals surface area contributed by atoms with Crippen molar-refractivity contribution in [1.29, 1.82) is 0 Å². The summed E-state index contributed by atoms with van der Waals surface area (Å²) in [6.45, 7) is 13.7. The highest BCUT2D eigenvalue weighted by Gasteiger charge is 2.35. The normalized spacial score (nSPS) is 12.9. The molecule has 7 heteroatoms. The van der Waals surface area contributed by atoms with Crippen LogP contribution < -0.4 is 10.6 Å². The zero-order valence-electron chi connectivity index (χ0n) is 24.0. The lowest BCUT2D eigenvalue weighted by atomic mass is 9.97. The molecule has 0 saturated heterocycles. The molecular weight excluding hydrogens is 478 g/mol. The molecule has 0 aliphatic carbocycles. The molecule has 2 atom stereocenters. The molecule has 0 radical (unpaired) electrons. The highest BCUT2D eigenvalue weighted by molar-refractivity contribution is 5.90. The molecule has 38 heavy (non-hydrogen) atoms. The predicted octanol–water partition coefficient (Wildman–Crippen LogP) is 5.78. The number of rotatable bonds is 12. The second-order valence-corrected chi connectivity index (χ2v) is 11.2. The number of hydrogen-bond acceptors (Lipinski definition) is 4. The van der Waals surface area contributed by atoms with Crippen LogP contribution in [0.15, 0.2) is 54.6 Å². The van der Waals surface area contributed by atoms with Gasteiger partial charge in [-0.3, -0.25) is 9.59 Å². The number of amides is 3. The first-order valence-corrected chi connectivity index (χ1v) is 13.6. The number of nitrogens with one attached hydrogen (secondary N) is 2. The van der Waals surface area contributed by atoms with Crippen molar-refractivity contribution in [3.8, 4) is 0 Å². The maximum absolute atomic E-state index is 13.8. The molecule has 208 valence electrons. The van der Waals surface area contributed by atoms with E-state index in [9.17, 15) is 14.4 Å². The Kier molecular flexibility index (Phi) is 11.8. The maximum Gasteiger partial charge on any atom is 0.408 e. The molecule has 2 N–H and O–H groups in total. The Labute approximate surface area is 228 Å². The quantitative estimate of drug-likeness (QED) is 0.369. The van der Waals surface area contributed by atoms with E-state index in [1.54, 1.807) is 25.7 Å². The van der Waals surface area contributed by atoms with E-state index in [-0.39, 0.29) is 24.4 Å². The Morgan fingerprint density at radius 1 is 0.868 bits per heavy atom. The third-order valence-corrected chi connectivity index (χ3v) is 6.25. The van der Waals surface area contributed by atoms with Gasteiger partial charge in [0.25, 0.3) is 0 Å². The predicted molar refractivity (Wildman–Crippen MR) is 151 cm³/mol. The van der Waals surface area contributed by atoms with Gasteiger partial charge in [0, 0.05) is 12.6 Å². The fourth-order valence-corrected chi connectivity index (χ4v) is 4.17. The van der Waals surface area contributed by atoms with Gasteiger partial charge in [0.2, 0.25) is 11.8 Å². The smallest absolute Gasteiger partial charge is 0.408 e. The van der Waals surface area contributed by atoms with E-state index in [0.717, 1.165) is 36.0 Å². The molecular formula is C31H45N3O4. The van der Waals surface area contributed by atoms with Crippen LogP contribution in [0.5, 0.6) is 0 Å². The highest BCUT2D eigenvalue weighted by Crippen LogP contribution is 2.27. The van der Waals surface area contributed by atoms with Gasteiger partial charge in [-0.05, 0) is 69.6 Å². The average Bonchev–Trinajstić information content (AvgIpc) is 2.87. The molecule has 2 aromatic rings. The van der Waals surface area contributed by atoms with Crippen molar-refractivity contribution in [3.63, 3.8) is 0 Å². The van der Waals surface area contributed by atoms with Gasteiger partial charge in [-0.2, -0.15) is 0 Å². The van der Waals surface area contributed by atoms with Gasteiger partial charge >= 0.3 is 6.09 Å². The van der Waals surface area contributed by atoms with Crippen LogP contribution in [0, 0.1) is 5.92 Å². The minimum absolute atomic E-state index is 0.233. The molecule has 2 rings (SSSR count).